The summed E-state index contributed by atoms with van der Waals surface area (Å²) < 4.78 is 1.98. The van der Waals surface area contributed by atoms with Crippen molar-refractivity contribution in [3.63, 3.8) is 0 Å². The Morgan fingerprint density at radius 2 is 2.53 bits per heavy atom. The SMILES string of the molecule is CC(=O)SC1CCNC/C1=C\c1nccn1C. The third-order valence-electron chi connectivity index (χ3n) is 2.81. The van der Waals surface area contributed by atoms with Gasteiger partial charge in [0.15, 0.2) is 5.12 Å². The zero-order chi connectivity index (χ0) is 12.3. The van der Waals surface area contributed by atoms with Gasteiger partial charge in [0.2, 0.25) is 0 Å². The summed E-state index contributed by atoms with van der Waals surface area (Å²) >= 11 is 1.43. The minimum Gasteiger partial charge on any atom is -0.335 e. The van der Waals surface area contributed by atoms with E-state index in [0.29, 0.717) is 5.25 Å². The summed E-state index contributed by atoms with van der Waals surface area (Å²) in [5.41, 5.74) is 1.26. The minimum atomic E-state index is 0.183. The Labute approximate surface area is 105 Å². The van der Waals surface area contributed by atoms with Crippen molar-refractivity contribution in [2.24, 2.45) is 7.05 Å². The normalized spacial score (nSPS) is 22.9. The van der Waals surface area contributed by atoms with E-state index in [2.05, 4.69) is 16.4 Å². The monoisotopic (exact) mass is 251 g/mol. The molecule has 1 aromatic rings. The quantitative estimate of drug-likeness (QED) is 0.864. The molecule has 1 atom stereocenters. The molecular formula is C12H17N3OS. The molecule has 92 valence electrons. The van der Waals surface area contributed by atoms with Gasteiger partial charge in [-0.25, -0.2) is 4.98 Å². The molecule has 1 unspecified atom stereocenters. The number of thioether (sulfide) groups is 1. The second-order valence-corrected chi connectivity index (χ2v) is 5.56. The Kier molecular flexibility index (Phi) is 4.02. The number of imidazole rings is 1. The fourth-order valence-electron chi connectivity index (χ4n) is 1.93. The maximum atomic E-state index is 11.2. The summed E-state index contributed by atoms with van der Waals surface area (Å²) in [5.74, 6) is 0.942. The molecule has 0 radical (unpaired) electrons. The molecule has 2 rings (SSSR count). The standard InChI is InChI=1S/C12H17N3OS/c1-9(16)17-11-3-4-13-8-10(11)7-12-14-5-6-15(12)2/h5-7,11,13H,3-4,8H2,1-2H3/b10-7+. The van der Waals surface area contributed by atoms with Gasteiger partial charge in [0.05, 0.1) is 0 Å². The molecule has 0 saturated carbocycles. The first-order chi connectivity index (χ1) is 8.16. The molecule has 4 nitrogen and oxygen atoms in total. The summed E-state index contributed by atoms with van der Waals surface area (Å²) in [6.07, 6.45) is 6.80. The highest BCUT2D eigenvalue weighted by Gasteiger charge is 2.21. The molecule has 0 aromatic carbocycles. The van der Waals surface area contributed by atoms with Crippen LogP contribution in [0.25, 0.3) is 6.08 Å². The zero-order valence-electron chi connectivity index (χ0n) is 10.1. The van der Waals surface area contributed by atoms with Crippen molar-refractivity contribution in [3.8, 4) is 0 Å². The summed E-state index contributed by atoms with van der Waals surface area (Å²) in [7, 11) is 1.97. The predicted octanol–water partition coefficient (Wildman–Crippen LogP) is 1.45. The second-order valence-electron chi connectivity index (χ2n) is 4.18. The number of nitrogens with one attached hydrogen (secondary N) is 1. The lowest BCUT2D eigenvalue weighted by Crippen LogP contribution is -2.32. The van der Waals surface area contributed by atoms with Crippen molar-refractivity contribution >= 4 is 23.0 Å². The number of rotatable bonds is 2. The molecule has 1 aliphatic heterocycles. The molecule has 1 N–H and O–H groups in total. The number of piperidine rings is 1. The second kappa shape index (κ2) is 5.51. The number of aryl methyl sites for hydroxylation is 1. The molecule has 0 bridgehead atoms. The topological polar surface area (TPSA) is 46.9 Å². The Morgan fingerprint density at radius 1 is 1.71 bits per heavy atom. The average Bonchev–Trinajstić information content (AvgIpc) is 2.67. The van der Waals surface area contributed by atoms with Crippen LogP contribution in [-0.2, 0) is 11.8 Å². The molecule has 0 spiro atoms. The number of hydrogen-bond donors (Lipinski definition) is 1. The van der Waals surface area contributed by atoms with E-state index >= 15 is 0 Å². The average molecular weight is 251 g/mol. The van der Waals surface area contributed by atoms with Gasteiger partial charge in [0.25, 0.3) is 0 Å². The van der Waals surface area contributed by atoms with Gasteiger partial charge in [-0.1, -0.05) is 11.8 Å². The summed E-state index contributed by atoms with van der Waals surface area (Å²) in [4.78, 5) is 15.5. The molecule has 1 aliphatic rings. The van der Waals surface area contributed by atoms with Crippen LogP contribution in [0, 0.1) is 0 Å². The highest BCUT2D eigenvalue weighted by atomic mass is 32.2. The minimum absolute atomic E-state index is 0.183. The molecule has 1 fully saturated rings. The van der Waals surface area contributed by atoms with Crippen LogP contribution in [0.2, 0.25) is 0 Å². The van der Waals surface area contributed by atoms with Gasteiger partial charge in [-0.15, -0.1) is 0 Å². The fraction of sp³-hybridized carbons (Fsp3) is 0.500. The van der Waals surface area contributed by atoms with E-state index in [1.165, 1.54) is 17.3 Å². The van der Waals surface area contributed by atoms with Gasteiger partial charge >= 0.3 is 0 Å². The van der Waals surface area contributed by atoms with Crippen LogP contribution in [0.5, 0.6) is 0 Å². The molecule has 0 amide bonds. The lowest BCUT2D eigenvalue weighted by molar-refractivity contribution is -0.109. The lowest BCUT2D eigenvalue weighted by atomic mass is 10.1. The largest absolute Gasteiger partial charge is 0.335 e. The van der Waals surface area contributed by atoms with E-state index in [4.69, 9.17) is 0 Å². The molecule has 17 heavy (non-hydrogen) atoms. The van der Waals surface area contributed by atoms with Crippen LogP contribution < -0.4 is 5.32 Å². The molecule has 5 heteroatoms. The number of nitrogens with zero attached hydrogens (tertiary/aromatic N) is 2. The van der Waals surface area contributed by atoms with Crippen LogP contribution in [0.15, 0.2) is 18.0 Å². The first-order valence-corrected chi connectivity index (χ1v) is 6.60. The molecule has 2 heterocycles. The van der Waals surface area contributed by atoms with Crippen molar-refractivity contribution in [3.05, 3.63) is 23.8 Å². The van der Waals surface area contributed by atoms with E-state index in [1.807, 2.05) is 17.8 Å². The maximum absolute atomic E-state index is 11.2. The molecular weight excluding hydrogens is 234 g/mol. The zero-order valence-corrected chi connectivity index (χ0v) is 11.0. The van der Waals surface area contributed by atoms with E-state index in [9.17, 15) is 4.79 Å². The highest BCUT2D eigenvalue weighted by molar-refractivity contribution is 8.14. The van der Waals surface area contributed by atoms with Gasteiger partial charge in [0, 0.05) is 38.2 Å². The predicted molar refractivity (Wildman–Crippen MR) is 70.7 cm³/mol. The maximum Gasteiger partial charge on any atom is 0.186 e. The van der Waals surface area contributed by atoms with E-state index in [1.54, 1.807) is 13.1 Å². The third-order valence-corrected chi connectivity index (χ3v) is 3.96. The van der Waals surface area contributed by atoms with E-state index in [-0.39, 0.29) is 5.12 Å². The fourth-order valence-corrected chi connectivity index (χ4v) is 2.87. The Morgan fingerprint density at radius 3 is 3.18 bits per heavy atom. The molecule has 0 aliphatic carbocycles. The number of carbonyl (C=O) groups is 1. The van der Waals surface area contributed by atoms with Crippen LogP contribution in [-0.4, -0.2) is 33.0 Å². The van der Waals surface area contributed by atoms with Crippen molar-refractivity contribution in [2.45, 2.75) is 18.6 Å². The van der Waals surface area contributed by atoms with Crippen LogP contribution in [0.3, 0.4) is 0 Å². The number of hydrogen-bond acceptors (Lipinski definition) is 4. The first-order valence-electron chi connectivity index (χ1n) is 5.72. The Hall–Kier alpha value is -1.07. The number of aromatic nitrogens is 2. The van der Waals surface area contributed by atoms with Crippen LogP contribution in [0.1, 0.15) is 19.2 Å². The van der Waals surface area contributed by atoms with Crippen molar-refractivity contribution < 1.29 is 4.79 Å². The lowest BCUT2D eigenvalue weighted by Gasteiger charge is -2.24. The van der Waals surface area contributed by atoms with Crippen molar-refractivity contribution in [1.29, 1.82) is 0 Å². The van der Waals surface area contributed by atoms with Gasteiger partial charge in [0.1, 0.15) is 5.82 Å². The molecule has 1 saturated heterocycles. The van der Waals surface area contributed by atoms with Gasteiger partial charge in [-0.3, -0.25) is 4.79 Å². The van der Waals surface area contributed by atoms with Gasteiger partial charge in [-0.05, 0) is 24.6 Å². The third kappa shape index (κ3) is 3.20. The Bertz CT molecular complexity index is 439. The van der Waals surface area contributed by atoms with Crippen molar-refractivity contribution in [2.75, 3.05) is 13.1 Å². The number of carbonyl (C=O) groups excluding carboxylic acids is 1. The summed E-state index contributed by atoms with van der Waals surface area (Å²) in [5, 5.41) is 3.82. The van der Waals surface area contributed by atoms with Crippen LogP contribution >= 0.6 is 11.8 Å². The molecule has 1 aromatic heterocycles. The van der Waals surface area contributed by atoms with Gasteiger partial charge < -0.3 is 9.88 Å². The van der Waals surface area contributed by atoms with Crippen LogP contribution in [0.4, 0.5) is 0 Å². The van der Waals surface area contributed by atoms with Gasteiger partial charge in [-0.2, -0.15) is 0 Å². The summed E-state index contributed by atoms with van der Waals surface area (Å²) in [6.45, 7) is 3.45. The summed E-state index contributed by atoms with van der Waals surface area (Å²) in [6, 6.07) is 0. The van der Waals surface area contributed by atoms with E-state index < -0.39 is 0 Å². The van der Waals surface area contributed by atoms with E-state index in [0.717, 1.165) is 25.3 Å². The smallest absolute Gasteiger partial charge is 0.186 e. The first kappa shape index (κ1) is 12.4. The highest BCUT2D eigenvalue weighted by Crippen LogP contribution is 2.26. The van der Waals surface area contributed by atoms with Crippen molar-refractivity contribution in [1.82, 2.24) is 14.9 Å². The Balaban J connectivity index is 2.18.